The number of anilines is 1. The van der Waals surface area contributed by atoms with Gasteiger partial charge in [-0.25, -0.2) is 0 Å². The number of nitriles is 1. The highest BCUT2D eigenvalue weighted by molar-refractivity contribution is 6.00. The number of carbonyl (C=O) groups excluding carboxylic acids is 1. The van der Waals surface area contributed by atoms with Crippen molar-refractivity contribution in [2.75, 3.05) is 32.8 Å². The topological polar surface area (TPSA) is 80.6 Å². The molecule has 2 aromatic rings. The Hall–Kier alpha value is -3.04. The molecule has 1 N–H and O–H groups in total. The molecule has 1 aliphatic heterocycles. The molecule has 6 nitrogen and oxygen atoms in total. The van der Waals surface area contributed by atoms with E-state index in [-0.39, 0.29) is 5.91 Å². The molecule has 27 heavy (non-hydrogen) atoms. The highest BCUT2D eigenvalue weighted by atomic mass is 16.5. The second kappa shape index (κ2) is 8.11. The van der Waals surface area contributed by atoms with Crippen molar-refractivity contribution in [3.8, 4) is 17.6 Å². The first-order valence-electron chi connectivity index (χ1n) is 8.75. The van der Waals surface area contributed by atoms with Crippen molar-refractivity contribution in [3.63, 3.8) is 0 Å². The van der Waals surface area contributed by atoms with Crippen LogP contribution in [-0.4, -0.2) is 33.3 Å². The van der Waals surface area contributed by atoms with Gasteiger partial charge in [0.15, 0.2) is 0 Å². The minimum atomic E-state index is -0.711. The summed E-state index contributed by atoms with van der Waals surface area (Å²) in [7, 11) is 3.15. The molecular weight excluding hydrogens is 344 g/mol. The van der Waals surface area contributed by atoms with Gasteiger partial charge in [-0.1, -0.05) is 12.1 Å². The molecule has 0 aliphatic carbocycles. The van der Waals surface area contributed by atoms with Crippen molar-refractivity contribution in [1.29, 1.82) is 5.26 Å². The van der Waals surface area contributed by atoms with Crippen molar-refractivity contribution >= 4 is 11.6 Å². The van der Waals surface area contributed by atoms with Crippen molar-refractivity contribution in [3.05, 3.63) is 53.6 Å². The van der Waals surface area contributed by atoms with Gasteiger partial charge >= 0.3 is 0 Å². The van der Waals surface area contributed by atoms with E-state index in [4.69, 9.17) is 14.2 Å². The van der Waals surface area contributed by atoms with Crippen molar-refractivity contribution in [1.82, 2.24) is 0 Å². The molecule has 0 atom stereocenters. The number of ether oxygens (including phenoxy) is 3. The van der Waals surface area contributed by atoms with Crippen LogP contribution in [0.4, 0.5) is 5.69 Å². The summed E-state index contributed by atoms with van der Waals surface area (Å²) >= 11 is 0. The Morgan fingerprint density at radius 1 is 1.07 bits per heavy atom. The molecule has 0 radical (unpaired) electrons. The van der Waals surface area contributed by atoms with Crippen LogP contribution in [0.15, 0.2) is 42.5 Å². The van der Waals surface area contributed by atoms with Crippen molar-refractivity contribution in [2.24, 2.45) is 0 Å². The molecule has 0 spiro atoms. The van der Waals surface area contributed by atoms with E-state index in [1.165, 1.54) is 7.11 Å². The fourth-order valence-electron chi connectivity index (χ4n) is 3.37. The van der Waals surface area contributed by atoms with Gasteiger partial charge < -0.3 is 19.5 Å². The fraction of sp³-hybridized carbons (Fsp3) is 0.333. The van der Waals surface area contributed by atoms with E-state index in [1.807, 2.05) is 24.3 Å². The zero-order valence-corrected chi connectivity index (χ0v) is 15.5. The summed E-state index contributed by atoms with van der Waals surface area (Å²) in [5.41, 5.74) is 1.04. The second-order valence-corrected chi connectivity index (χ2v) is 6.40. The minimum absolute atomic E-state index is 0.141. The number of methoxy groups -OCH3 is 2. The lowest BCUT2D eigenvalue weighted by molar-refractivity contribution is -0.125. The third-order valence-electron chi connectivity index (χ3n) is 5.02. The summed E-state index contributed by atoms with van der Waals surface area (Å²) in [6.45, 7) is 1.01. The molecular formula is C21H22N2O4. The Morgan fingerprint density at radius 3 is 2.30 bits per heavy atom. The quantitative estimate of drug-likeness (QED) is 0.878. The molecule has 2 aromatic carbocycles. The summed E-state index contributed by atoms with van der Waals surface area (Å²) in [5, 5.41) is 12.4. The van der Waals surface area contributed by atoms with Gasteiger partial charge in [0.25, 0.3) is 0 Å². The highest BCUT2D eigenvalue weighted by Crippen LogP contribution is 2.37. The lowest BCUT2D eigenvalue weighted by atomic mass is 9.73. The maximum Gasteiger partial charge on any atom is 0.235 e. The van der Waals surface area contributed by atoms with Gasteiger partial charge in [-0.2, -0.15) is 5.26 Å². The lowest BCUT2D eigenvalue weighted by Crippen LogP contribution is -2.45. The van der Waals surface area contributed by atoms with Gasteiger partial charge in [-0.05, 0) is 48.7 Å². The molecule has 6 heteroatoms. The summed E-state index contributed by atoms with van der Waals surface area (Å²) in [5.74, 6) is 1.17. The molecule has 1 fully saturated rings. The summed E-state index contributed by atoms with van der Waals surface area (Å²) in [4.78, 5) is 13.3. The zero-order valence-electron chi connectivity index (χ0n) is 15.5. The van der Waals surface area contributed by atoms with E-state index < -0.39 is 5.41 Å². The monoisotopic (exact) mass is 366 g/mol. The van der Waals surface area contributed by atoms with E-state index in [0.717, 1.165) is 11.3 Å². The van der Waals surface area contributed by atoms with Crippen LogP contribution in [0.2, 0.25) is 0 Å². The number of hydrogen-bond donors (Lipinski definition) is 1. The SMILES string of the molecule is COc1ccc(C2(C(=O)Nc3ccc(OC)cc3C#N)CCOCC2)cc1. The second-order valence-electron chi connectivity index (χ2n) is 6.40. The van der Waals surface area contributed by atoms with Crippen LogP contribution < -0.4 is 14.8 Å². The maximum atomic E-state index is 13.3. The number of benzene rings is 2. The number of hydrogen-bond acceptors (Lipinski definition) is 5. The third-order valence-corrected chi connectivity index (χ3v) is 5.02. The van der Waals surface area contributed by atoms with Gasteiger partial charge in [0.2, 0.25) is 5.91 Å². The fourth-order valence-corrected chi connectivity index (χ4v) is 3.37. The zero-order chi connectivity index (χ0) is 19.3. The van der Waals surface area contributed by atoms with Crippen LogP contribution >= 0.6 is 0 Å². The smallest absolute Gasteiger partial charge is 0.235 e. The lowest BCUT2D eigenvalue weighted by Gasteiger charge is -2.36. The Bertz CT molecular complexity index is 849. The Kier molecular flexibility index (Phi) is 5.63. The van der Waals surface area contributed by atoms with Crippen LogP contribution in [0, 0.1) is 11.3 Å². The van der Waals surface area contributed by atoms with Gasteiger partial charge in [-0.3, -0.25) is 4.79 Å². The number of amides is 1. The van der Waals surface area contributed by atoms with Crippen LogP contribution in [0.1, 0.15) is 24.0 Å². The molecule has 0 aromatic heterocycles. The number of carbonyl (C=O) groups is 1. The third kappa shape index (κ3) is 3.74. The van der Waals surface area contributed by atoms with Gasteiger partial charge in [0.05, 0.1) is 30.9 Å². The van der Waals surface area contributed by atoms with Crippen molar-refractivity contribution < 1.29 is 19.0 Å². The molecule has 0 saturated carbocycles. The molecule has 140 valence electrons. The summed E-state index contributed by atoms with van der Waals surface area (Å²) in [6, 6.07) is 14.7. The summed E-state index contributed by atoms with van der Waals surface area (Å²) < 4.78 is 15.9. The highest BCUT2D eigenvalue weighted by Gasteiger charge is 2.42. The van der Waals surface area contributed by atoms with Crippen LogP contribution in [0.5, 0.6) is 11.5 Å². The first-order chi connectivity index (χ1) is 13.1. The number of rotatable bonds is 5. The first-order valence-corrected chi connectivity index (χ1v) is 8.75. The van der Waals surface area contributed by atoms with Crippen LogP contribution in [0.25, 0.3) is 0 Å². The van der Waals surface area contributed by atoms with Crippen LogP contribution in [-0.2, 0) is 14.9 Å². The van der Waals surface area contributed by atoms with E-state index in [9.17, 15) is 10.1 Å². The van der Waals surface area contributed by atoms with Gasteiger partial charge in [0, 0.05) is 13.2 Å². The van der Waals surface area contributed by atoms with E-state index in [0.29, 0.717) is 43.1 Å². The average Bonchev–Trinajstić information content (AvgIpc) is 2.74. The van der Waals surface area contributed by atoms with Crippen LogP contribution in [0.3, 0.4) is 0 Å². The molecule has 1 heterocycles. The number of nitrogens with one attached hydrogen (secondary N) is 1. The average molecular weight is 366 g/mol. The standard InChI is InChI=1S/C21H22N2O4/c1-25-17-5-3-16(4-6-17)21(9-11-27-12-10-21)20(24)23-19-8-7-18(26-2)13-15(19)14-22/h3-8,13H,9-12H2,1-2H3,(H,23,24). The normalized spacial score (nSPS) is 15.4. The molecule has 1 saturated heterocycles. The van der Waals surface area contributed by atoms with E-state index >= 15 is 0 Å². The maximum absolute atomic E-state index is 13.3. The molecule has 0 bridgehead atoms. The Morgan fingerprint density at radius 2 is 1.70 bits per heavy atom. The number of nitrogens with zero attached hydrogens (tertiary/aromatic N) is 1. The van der Waals surface area contributed by atoms with E-state index in [2.05, 4.69) is 11.4 Å². The van der Waals surface area contributed by atoms with Crippen molar-refractivity contribution in [2.45, 2.75) is 18.3 Å². The Balaban J connectivity index is 1.93. The Labute approximate surface area is 158 Å². The largest absolute Gasteiger partial charge is 0.497 e. The van der Waals surface area contributed by atoms with Gasteiger partial charge in [-0.15, -0.1) is 0 Å². The van der Waals surface area contributed by atoms with E-state index in [1.54, 1.807) is 25.3 Å². The predicted octanol–water partition coefficient (Wildman–Crippen LogP) is 3.26. The summed E-state index contributed by atoms with van der Waals surface area (Å²) in [6.07, 6.45) is 1.15. The first kappa shape index (κ1) is 18.7. The molecule has 0 unspecified atom stereocenters. The predicted molar refractivity (Wildman–Crippen MR) is 101 cm³/mol. The molecule has 3 rings (SSSR count). The molecule has 1 aliphatic rings. The van der Waals surface area contributed by atoms with Gasteiger partial charge in [0.1, 0.15) is 17.6 Å². The molecule has 1 amide bonds. The minimum Gasteiger partial charge on any atom is -0.497 e.